The van der Waals surface area contributed by atoms with Crippen molar-refractivity contribution in [3.05, 3.63) is 84.5 Å². The van der Waals surface area contributed by atoms with Gasteiger partial charge in [-0.1, -0.05) is 41.7 Å². The number of fused-ring (bicyclic) bond motifs is 1. The van der Waals surface area contributed by atoms with Gasteiger partial charge in [0.05, 0.1) is 36.1 Å². The van der Waals surface area contributed by atoms with E-state index in [1.165, 1.54) is 23.0 Å². The van der Waals surface area contributed by atoms with Gasteiger partial charge < -0.3 is 18.9 Å². The quantitative estimate of drug-likeness (QED) is 0.389. The molecule has 1 aromatic heterocycles. The molecule has 0 saturated heterocycles. The molecule has 2 heterocycles. The van der Waals surface area contributed by atoms with Crippen LogP contribution in [-0.4, -0.2) is 37.5 Å². The van der Waals surface area contributed by atoms with Crippen LogP contribution in [0.3, 0.4) is 0 Å². The summed E-state index contributed by atoms with van der Waals surface area (Å²) in [4.78, 5) is 32.2. The first-order valence-corrected chi connectivity index (χ1v) is 12.8. The van der Waals surface area contributed by atoms with E-state index in [1.807, 2.05) is 19.1 Å². The number of esters is 1. The van der Waals surface area contributed by atoms with Gasteiger partial charge in [-0.3, -0.25) is 9.36 Å². The van der Waals surface area contributed by atoms with E-state index < -0.39 is 12.0 Å². The van der Waals surface area contributed by atoms with Gasteiger partial charge in [0.25, 0.3) is 5.56 Å². The molecule has 2 aromatic carbocycles. The van der Waals surface area contributed by atoms with Crippen LogP contribution in [-0.2, 0) is 9.53 Å². The van der Waals surface area contributed by atoms with Gasteiger partial charge in [0.15, 0.2) is 22.9 Å². The number of methoxy groups -OCH3 is 1. The molecule has 0 fully saturated rings. The van der Waals surface area contributed by atoms with Gasteiger partial charge in [-0.15, -0.1) is 0 Å². The first-order valence-electron chi connectivity index (χ1n) is 12.0. The van der Waals surface area contributed by atoms with Crippen molar-refractivity contribution in [2.75, 3.05) is 26.9 Å². The predicted molar refractivity (Wildman–Crippen MR) is 142 cm³/mol. The number of ether oxygens (including phenoxy) is 4. The second-order valence-electron chi connectivity index (χ2n) is 8.10. The molecule has 0 saturated carbocycles. The average Bonchev–Trinajstić information content (AvgIpc) is 3.22. The number of hydrogen-bond acceptors (Lipinski definition) is 9. The van der Waals surface area contributed by atoms with Crippen LogP contribution in [0.25, 0.3) is 6.08 Å². The number of aromatic nitrogens is 1. The van der Waals surface area contributed by atoms with Gasteiger partial charge >= 0.3 is 5.97 Å². The lowest BCUT2D eigenvalue weighted by atomic mass is 9.94. The molecular weight excluding hydrogens is 506 g/mol. The molecule has 3 aromatic rings. The van der Waals surface area contributed by atoms with Gasteiger partial charge in [-0.2, -0.15) is 5.26 Å². The van der Waals surface area contributed by atoms with Crippen molar-refractivity contribution in [2.24, 2.45) is 4.99 Å². The molecule has 4 rings (SSSR count). The monoisotopic (exact) mass is 533 g/mol. The Labute approximate surface area is 223 Å². The van der Waals surface area contributed by atoms with E-state index in [0.717, 1.165) is 0 Å². The van der Waals surface area contributed by atoms with Crippen LogP contribution in [0.4, 0.5) is 0 Å². The normalized spacial score (nSPS) is 14.8. The van der Waals surface area contributed by atoms with E-state index in [-0.39, 0.29) is 24.3 Å². The molecular formula is C28H27N3O6S. The number of nitriles is 1. The molecule has 0 bridgehead atoms. The molecule has 0 aliphatic carbocycles. The first kappa shape index (κ1) is 26.7. The summed E-state index contributed by atoms with van der Waals surface area (Å²) < 4.78 is 24.3. The van der Waals surface area contributed by atoms with E-state index in [0.29, 0.717) is 50.0 Å². The second-order valence-corrected chi connectivity index (χ2v) is 9.11. The number of carbonyl (C=O) groups is 1. The van der Waals surface area contributed by atoms with Gasteiger partial charge in [0.1, 0.15) is 17.9 Å². The molecule has 0 radical (unpaired) electrons. The van der Waals surface area contributed by atoms with E-state index in [2.05, 4.69) is 4.99 Å². The van der Waals surface area contributed by atoms with E-state index in [1.54, 1.807) is 56.3 Å². The summed E-state index contributed by atoms with van der Waals surface area (Å²) in [6, 6.07) is 13.6. The predicted octanol–water partition coefficient (Wildman–Crippen LogP) is 3.11. The largest absolute Gasteiger partial charge is 0.493 e. The summed E-state index contributed by atoms with van der Waals surface area (Å²) >= 11 is 1.20. The Morgan fingerprint density at radius 3 is 2.61 bits per heavy atom. The Morgan fingerprint density at radius 1 is 1.13 bits per heavy atom. The number of para-hydroxylation sites is 2. The third-order valence-corrected chi connectivity index (χ3v) is 6.81. The second kappa shape index (κ2) is 11.8. The van der Waals surface area contributed by atoms with E-state index in [9.17, 15) is 9.59 Å². The lowest BCUT2D eigenvalue weighted by molar-refractivity contribution is -0.139. The highest BCUT2D eigenvalue weighted by atomic mass is 32.1. The molecule has 1 atom stereocenters. The minimum absolute atomic E-state index is 0.121. The number of thiazole rings is 1. The summed E-state index contributed by atoms with van der Waals surface area (Å²) in [5, 5.41) is 8.92. The molecule has 9 nitrogen and oxygen atoms in total. The summed E-state index contributed by atoms with van der Waals surface area (Å²) in [6.07, 6.45) is 1.70. The lowest BCUT2D eigenvalue weighted by Crippen LogP contribution is -2.40. The fraction of sp³-hybridized carbons (Fsp3) is 0.286. The number of rotatable bonds is 9. The van der Waals surface area contributed by atoms with Crippen LogP contribution in [0.15, 0.2) is 63.5 Å². The zero-order valence-corrected chi connectivity index (χ0v) is 22.3. The van der Waals surface area contributed by atoms with Gasteiger partial charge in [-0.25, -0.2) is 9.79 Å². The first-order chi connectivity index (χ1) is 18.4. The maximum absolute atomic E-state index is 13.9. The molecule has 0 amide bonds. The van der Waals surface area contributed by atoms with Crippen LogP contribution >= 0.6 is 11.3 Å². The Balaban J connectivity index is 2.00. The zero-order valence-electron chi connectivity index (χ0n) is 21.5. The highest BCUT2D eigenvalue weighted by molar-refractivity contribution is 7.07. The fourth-order valence-electron chi connectivity index (χ4n) is 4.28. The average molecular weight is 534 g/mol. The Kier molecular flexibility index (Phi) is 8.28. The van der Waals surface area contributed by atoms with E-state index >= 15 is 0 Å². The van der Waals surface area contributed by atoms with Crippen molar-refractivity contribution in [3.8, 4) is 23.3 Å². The van der Waals surface area contributed by atoms with Crippen LogP contribution in [0.5, 0.6) is 17.2 Å². The molecule has 38 heavy (non-hydrogen) atoms. The maximum atomic E-state index is 13.9. The summed E-state index contributed by atoms with van der Waals surface area (Å²) in [5.41, 5.74) is 1.58. The van der Waals surface area contributed by atoms with Gasteiger partial charge in [-0.05, 0) is 39.0 Å². The molecule has 10 heteroatoms. The van der Waals surface area contributed by atoms with Crippen LogP contribution in [0, 0.1) is 11.3 Å². The number of benzene rings is 2. The summed E-state index contributed by atoms with van der Waals surface area (Å²) in [7, 11) is 1.53. The Morgan fingerprint density at radius 2 is 1.89 bits per heavy atom. The van der Waals surface area contributed by atoms with Crippen molar-refractivity contribution in [3.63, 3.8) is 0 Å². The highest BCUT2D eigenvalue weighted by Crippen LogP contribution is 2.40. The maximum Gasteiger partial charge on any atom is 0.338 e. The minimum Gasteiger partial charge on any atom is -0.493 e. The fourth-order valence-corrected chi connectivity index (χ4v) is 5.31. The standard InChI is InChI=1S/C28H27N3O6S/c1-5-35-25-19(11-9-13-21(25)34-4)24-23(27(33)36-6-2)17(3)30-28-31(24)26(32)22(38-28)16-18-10-7-8-12-20(18)37-15-14-29/h7-13,16,24H,5-6,15H2,1-4H3/b22-16-. The van der Waals surface area contributed by atoms with Crippen LogP contribution in [0.1, 0.15) is 37.9 Å². The summed E-state index contributed by atoms with van der Waals surface area (Å²) in [6.45, 7) is 5.70. The summed E-state index contributed by atoms with van der Waals surface area (Å²) in [5.74, 6) is 0.830. The number of allylic oxidation sites excluding steroid dienone is 1. The number of carbonyl (C=O) groups excluding carboxylic acids is 1. The van der Waals surface area contributed by atoms with E-state index in [4.69, 9.17) is 24.2 Å². The Bertz CT molecular complexity index is 1610. The lowest BCUT2D eigenvalue weighted by Gasteiger charge is -2.26. The van der Waals surface area contributed by atoms with Gasteiger partial charge in [0, 0.05) is 11.1 Å². The molecule has 1 aliphatic heterocycles. The molecule has 1 unspecified atom stereocenters. The van der Waals surface area contributed by atoms with Crippen LogP contribution in [0.2, 0.25) is 0 Å². The van der Waals surface area contributed by atoms with Crippen LogP contribution < -0.4 is 29.1 Å². The smallest absolute Gasteiger partial charge is 0.338 e. The van der Waals surface area contributed by atoms with Gasteiger partial charge in [0.2, 0.25) is 0 Å². The number of nitrogens with zero attached hydrogens (tertiary/aromatic N) is 3. The SMILES string of the molecule is CCOC(=O)C1=C(C)N=c2s/c(=C\c3ccccc3OCC#N)c(=O)n2C1c1cccc(OC)c1OCC. The van der Waals surface area contributed by atoms with Crippen molar-refractivity contribution in [1.82, 2.24) is 4.57 Å². The molecule has 0 spiro atoms. The van der Waals surface area contributed by atoms with Crippen molar-refractivity contribution >= 4 is 23.4 Å². The minimum atomic E-state index is -0.853. The zero-order chi connectivity index (χ0) is 27.2. The number of hydrogen-bond donors (Lipinski definition) is 0. The third-order valence-electron chi connectivity index (χ3n) is 5.83. The van der Waals surface area contributed by atoms with Crippen molar-refractivity contribution in [2.45, 2.75) is 26.8 Å². The molecule has 1 aliphatic rings. The third kappa shape index (κ3) is 5.06. The van der Waals surface area contributed by atoms with Crippen molar-refractivity contribution < 1.29 is 23.7 Å². The topological polar surface area (TPSA) is 112 Å². The Hall–Kier alpha value is -4.36. The molecule has 196 valence electrons. The highest BCUT2D eigenvalue weighted by Gasteiger charge is 2.36. The molecule has 0 N–H and O–H groups in total. The van der Waals surface area contributed by atoms with Crippen molar-refractivity contribution in [1.29, 1.82) is 5.26 Å².